The van der Waals surface area contributed by atoms with E-state index in [-0.39, 0.29) is 12.7 Å². The predicted octanol–water partition coefficient (Wildman–Crippen LogP) is 1.56. The van der Waals surface area contributed by atoms with Crippen molar-refractivity contribution in [3.05, 3.63) is 27.8 Å². The van der Waals surface area contributed by atoms with E-state index in [9.17, 15) is 9.82 Å². The number of carbonyl (C=O) groups is 1. The van der Waals surface area contributed by atoms with Gasteiger partial charge >= 0.3 is 6.92 Å². The van der Waals surface area contributed by atoms with Gasteiger partial charge in [0.05, 0.1) is 0 Å². The Labute approximate surface area is 96.8 Å². The largest absolute Gasteiger partial charge is 0.446 e. The van der Waals surface area contributed by atoms with E-state index >= 15 is 0 Å². The Kier molecular flexibility index (Phi) is 2.66. The van der Waals surface area contributed by atoms with Gasteiger partial charge in [-0.1, -0.05) is 0 Å². The Morgan fingerprint density at radius 2 is 1.81 bits per heavy atom. The molecule has 0 spiro atoms. The highest BCUT2D eigenvalue weighted by atomic mass is 16.2. The van der Waals surface area contributed by atoms with Crippen LogP contribution in [0.4, 0.5) is 0 Å². The second-order valence-electron chi connectivity index (χ2n) is 4.75. The van der Waals surface area contributed by atoms with E-state index < -0.39 is 0 Å². The third-order valence-corrected chi connectivity index (χ3v) is 3.85. The van der Waals surface area contributed by atoms with Crippen LogP contribution in [-0.2, 0) is 6.42 Å². The molecule has 0 aromatic heterocycles. The smallest absolute Gasteiger partial charge is 0.324 e. The first kappa shape index (κ1) is 11.4. The molecule has 0 bridgehead atoms. The van der Waals surface area contributed by atoms with Crippen molar-refractivity contribution in [2.75, 3.05) is 0 Å². The van der Waals surface area contributed by atoms with Crippen molar-refractivity contribution in [3.63, 3.8) is 0 Å². The zero-order valence-corrected chi connectivity index (χ0v) is 10.3. The van der Waals surface area contributed by atoms with Gasteiger partial charge in [-0.2, -0.15) is 0 Å². The molecule has 0 unspecified atom stereocenters. The second-order valence-corrected chi connectivity index (χ2v) is 4.75. The van der Waals surface area contributed by atoms with Crippen LogP contribution in [0.3, 0.4) is 0 Å². The van der Waals surface area contributed by atoms with Crippen LogP contribution in [0.5, 0.6) is 0 Å². The molecule has 2 rings (SSSR count). The molecular formula is C13H17BO2. The monoisotopic (exact) mass is 216 g/mol. The standard InChI is InChI=1S/C13H17BO2/c1-7-8(2)12(10(4)15)9(3)13-11(7)5-6-14(13)16/h16H,5-6H2,1-4H3. The van der Waals surface area contributed by atoms with E-state index in [0.29, 0.717) is 0 Å². The molecule has 0 atom stereocenters. The topological polar surface area (TPSA) is 37.3 Å². The van der Waals surface area contributed by atoms with Crippen molar-refractivity contribution >= 4 is 18.2 Å². The van der Waals surface area contributed by atoms with Gasteiger partial charge in [0, 0.05) is 5.56 Å². The second kappa shape index (κ2) is 3.74. The van der Waals surface area contributed by atoms with Crippen LogP contribution >= 0.6 is 0 Å². The van der Waals surface area contributed by atoms with Crippen molar-refractivity contribution < 1.29 is 9.82 Å². The fraction of sp³-hybridized carbons (Fsp3) is 0.462. The Morgan fingerprint density at radius 1 is 1.19 bits per heavy atom. The van der Waals surface area contributed by atoms with Crippen LogP contribution in [0.25, 0.3) is 0 Å². The van der Waals surface area contributed by atoms with E-state index in [1.54, 1.807) is 6.92 Å². The number of rotatable bonds is 1. The van der Waals surface area contributed by atoms with Crippen molar-refractivity contribution in [1.29, 1.82) is 0 Å². The minimum atomic E-state index is -0.382. The molecule has 1 aromatic carbocycles. The highest BCUT2D eigenvalue weighted by Crippen LogP contribution is 2.26. The molecule has 84 valence electrons. The molecule has 1 N–H and O–H groups in total. The Balaban J connectivity index is 2.81. The summed E-state index contributed by atoms with van der Waals surface area (Å²) in [7, 11) is 0. The first-order chi connectivity index (χ1) is 7.45. The lowest BCUT2D eigenvalue weighted by atomic mass is 9.60. The molecule has 1 aromatic rings. The molecular weight excluding hydrogens is 199 g/mol. The van der Waals surface area contributed by atoms with Gasteiger partial charge in [-0.15, -0.1) is 0 Å². The maximum Gasteiger partial charge on any atom is 0.324 e. The van der Waals surface area contributed by atoms with Gasteiger partial charge in [0.2, 0.25) is 0 Å². The average Bonchev–Trinajstić information content (AvgIpc) is 2.57. The lowest BCUT2D eigenvalue weighted by molar-refractivity contribution is 0.101. The summed E-state index contributed by atoms with van der Waals surface area (Å²) in [6.07, 6.45) is 1.72. The van der Waals surface area contributed by atoms with Gasteiger partial charge in [-0.3, -0.25) is 4.79 Å². The summed E-state index contributed by atoms with van der Waals surface area (Å²) in [5.41, 5.74) is 6.31. The van der Waals surface area contributed by atoms with Gasteiger partial charge in [-0.05, 0) is 68.2 Å². The van der Waals surface area contributed by atoms with Crippen LogP contribution in [0.15, 0.2) is 0 Å². The van der Waals surface area contributed by atoms with Crippen molar-refractivity contribution in [1.82, 2.24) is 0 Å². The van der Waals surface area contributed by atoms with Crippen LogP contribution < -0.4 is 5.46 Å². The van der Waals surface area contributed by atoms with Gasteiger partial charge in [0.15, 0.2) is 5.78 Å². The molecule has 2 nitrogen and oxygen atoms in total. The van der Waals surface area contributed by atoms with Gasteiger partial charge in [0.1, 0.15) is 0 Å². The molecule has 0 aliphatic carbocycles. The zero-order chi connectivity index (χ0) is 12.0. The fourth-order valence-electron chi connectivity index (χ4n) is 2.98. The molecule has 3 heteroatoms. The number of hydrogen-bond donors (Lipinski definition) is 1. The lowest BCUT2D eigenvalue weighted by Gasteiger charge is -2.17. The quantitative estimate of drug-likeness (QED) is 0.571. The van der Waals surface area contributed by atoms with Crippen molar-refractivity contribution in [2.45, 2.75) is 40.4 Å². The number of fused-ring (bicyclic) bond motifs is 1. The van der Waals surface area contributed by atoms with Crippen LogP contribution in [0, 0.1) is 20.8 Å². The zero-order valence-electron chi connectivity index (χ0n) is 10.3. The average molecular weight is 216 g/mol. The van der Waals surface area contributed by atoms with Gasteiger partial charge in [0.25, 0.3) is 0 Å². The molecule has 0 saturated heterocycles. The molecule has 1 aliphatic rings. The molecule has 0 radical (unpaired) electrons. The summed E-state index contributed by atoms with van der Waals surface area (Å²) < 4.78 is 0. The predicted molar refractivity (Wildman–Crippen MR) is 66.8 cm³/mol. The summed E-state index contributed by atoms with van der Waals surface area (Å²) in [6.45, 7) is 7.23. The summed E-state index contributed by atoms with van der Waals surface area (Å²) in [4.78, 5) is 11.7. The number of benzene rings is 1. The van der Waals surface area contributed by atoms with Gasteiger partial charge in [-0.25, -0.2) is 0 Å². The number of ketones is 1. The first-order valence-electron chi connectivity index (χ1n) is 5.76. The molecule has 1 aliphatic heterocycles. The van der Waals surface area contributed by atoms with Crippen LogP contribution in [0.1, 0.15) is 39.5 Å². The molecule has 16 heavy (non-hydrogen) atoms. The third kappa shape index (κ3) is 1.42. The number of Topliss-reactive ketones (excluding diaryl/α,β-unsaturated/α-hetero) is 1. The molecule has 0 saturated carbocycles. The Morgan fingerprint density at radius 3 is 2.38 bits per heavy atom. The summed E-state index contributed by atoms with van der Waals surface area (Å²) in [5.74, 6) is 0.0972. The maximum absolute atomic E-state index is 11.7. The number of hydrogen-bond acceptors (Lipinski definition) is 2. The summed E-state index contributed by atoms with van der Waals surface area (Å²) in [5, 5.41) is 9.97. The van der Waals surface area contributed by atoms with E-state index in [4.69, 9.17) is 0 Å². The van der Waals surface area contributed by atoms with Crippen LogP contribution in [-0.4, -0.2) is 17.7 Å². The lowest BCUT2D eigenvalue weighted by Crippen LogP contribution is -2.31. The molecule has 0 fully saturated rings. The summed E-state index contributed by atoms with van der Waals surface area (Å²) >= 11 is 0. The van der Waals surface area contributed by atoms with E-state index in [2.05, 4.69) is 6.92 Å². The highest BCUT2D eigenvalue weighted by molar-refractivity contribution is 6.68. The van der Waals surface area contributed by atoms with Crippen molar-refractivity contribution in [3.8, 4) is 0 Å². The highest BCUT2D eigenvalue weighted by Gasteiger charge is 2.31. The van der Waals surface area contributed by atoms with E-state index in [1.165, 1.54) is 11.1 Å². The van der Waals surface area contributed by atoms with Crippen LogP contribution in [0.2, 0.25) is 6.32 Å². The Hall–Kier alpha value is -1.09. The fourth-order valence-corrected chi connectivity index (χ4v) is 2.98. The van der Waals surface area contributed by atoms with Crippen molar-refractivity contribution in [2.24, 2.45) is 0 Å². The third-order valence-electron chi connectivity index (χ3n) is 3.85. The maximum atomic E-state index is 11.7. The number of carbonyl (C=O) groups excluding carboxylic acids is 1. The van der Waals surface area contributed by atoms with E-state index in [1.807, 2.05) is 13.8 Å². The minimum Gasteiger partial charge on any atom is -0.446 e. The first-order valence-corrected chi connectivity index (χ1v) is 5.76. The molecule has 1 heterocycles. The van der Waals surface area contributed by atoms with E-state index in [0.717, 1.165) is 34.9 Å². The van der Waals surface area contributed by atoms with Gasteiger partial charge < -0.3 is 5.02 Å². The normalized spacial score (nSPS) is 14.2. The Bertz CT molecular complexity index is 478. The molecule has 0 amide bonds. The SMILES string of the molecule is CC(=O)c1c(C)c(C)c2c(c1C)B(O)CC2. The summed E-state index contributed by atoms with van der Waals surface area (Å²) in [6, 6.07) is 0. The minimum absolute atomic E-state index is 0.0972.